The zero-order valence-electron chi connectivity index (χ0n) is 12.9. The second-order valence-electron chi connectivity index (χ2n) is 5.71. The number of aromatic nitrogens is 1. The van der Waals surface area contributed by atoms with Crippen molar-refractivity contribution in [2.24, 2.45) is 0 Å². The average molecular weight is 284 g/mol. The number of nitrogens with zero attached hydrogens (tertiary/aromatic N) is 1. The predicted octanol–water partition coefficient (Wildman–Crippen LogP) is 3.72. The van der Waals surface area contributed by atoms with Crippen molar-refractivity contribution < 1.29 is 4.74 Å². The van der Waals surface area contributed by atoms with Crippen LogP contribution in [0.4, 0.5) is 0 Å². The van der Waals surface area contributed by atoms with Crippen LogP contribution in [0.2, 0.25) is 0 Å². The van der Waals surface area contributed by atoms with Crippen molar-refractivity contribution in [3.05, 3.63) is 53.9 Å². The maximum Gasteiger partial charge on any atom is 0.122 e. The Hall–Kier alpha value is -1.74. The van der Waals surface area contributed by atoms with Gasteiger partial charge in [-0.15, -0.1) is 0 Å². The molecule has 2 aromatic rings. The monoisotopic (exact) mass is 284 g/mol. The van der Waals surface area contributed by atoms with Crippen LogP contribution in [0.3, 0.4) is 0 Å². The molecule has 0 amide bonds. The van der Waals surface area contributed by atoms with E-state index in [1.54, 1.807) is 0 Å². The van der Waals surface area contributed by atoms with E-state index in [2.05, 4.69) is 60.4 Å². The standard InChI is InChI=1S/C18H24N2O/c1-3-17(19-4-2)14-9-10-20(11-14)12-15-13-21-18-8-6-5-7-16(15)18/h5-11,15,17,19H,3-4,12-13H2,1-2H3. The van der Waals surface area contributed by atoms with Gasteiger partial charge in [0.2, 0.25) is 0 Å². The number of ether oxygens (including phenoxy) is 1. The van der Waals surface area contributed by atoms with E-state index in [9.17, 15) is 0 Å². The number of fused-ring (bicyclic) bond motifs is 1. The summed E-state index contributed by atoms with van der Waals surface area (Å²) in [6, 6.07) is 11.1. The van der Waals surface area contributed by atoms with Gasteiger partial charge in [-0.1, -0.05) is 32.0 Å². The molecule has 1 aromatic carbocycles. The van der Waals surface area contributed by atoms with Crippen molar-refractivity contribution in [1.82, 2.24) is 9.88 Å². The number of rotatable bonds is 6. The van der Waals surface area contributed by atoms with Crippen molar-refractivity contribution >= 4 is 0 Å². The third-order valence-corrected chi connectivity index (χ3v) is 4.26. The average Bonchev–Trinajstić information content (AvgIpc) is 3.13. The lowest BCUT2D eigenvalue weighted by Crippen LogP contribution is -2.19. The van der Waals surface area contributed by atoms with E-state index in [1.807, 2.05) is 6.07 Å². The van der Waals surface area contributed by atoms with E-state index >= 15 is 0 Å². The van der Waals surface area contributed by atoms with E-state index in [4.69, 9.17) is 4.74 Å². The third kappa shape index (κ3) is 2.98. The summed E-state index contributed by atoms with van der Waals surface area (Å²) in [7, 11) is 0. The first kappa shape index (κ1) is 14.2. The largest absolute Gasteiger partial charge is 0.493 e. The second kappa shape index (κ2) is 6.35. The lowest BCUT2D eigenvalue weighted by molar-refractivity contribution is 0.319. The molecule has 1 aliphatic heterocycles. The molecule has 0 bridgehead atoms. The Morgan fingerprint density at radius 1 is 1.29 bits per heavy atom. The summed E-state index contributed by atoms with van der Waals surface area (Å²) in [4.78, 5) is 0. The topological polar surface area (TPSA) is 26.2 Å². The Bertz CT molecular complexity index is 590. The van der Waals surface area contributed by atoms with E-state index in [1.165, 1.54) is 11.1 Å². The van der Waals surface area contributed by atoms with Crippen molar-refractivity contribution in [2.45, 2.75) is 38.8 Å². The lowest BCUT2D eigenvalue weighted by Gasteiger charge is -2.14. The van der Waals surface area contributed by atoms with Gasteiger partial charge in [0.25, 0.3) is 0 Å². The molecular formula is C18H24N2O. The molecule has 21 heavy (non-hydrogen) atoms. The van der Waals surface area contributed by atoms with E-state index in [0.29, 0.717) is 12.0 Å². The van der Waals surface area contributed by atoms with Gasteiger partial charge in [0.15, 0.2) is 0 Å². The number of hydrogen-bond donors (Lipinski definition) is 1. The molecule has 2 heterocycles. The summed E-state index contributed by atoms with van der Waals surface area (Å²) in [5.41, 5.74) is 2.72. The van der Waals surface area contributed by atoms with Crippen LogP contribution < -0.4 is 10.1 Å². The molecule has 3 nitrogen and oxygen atoms in total. The number of nitrogens with one attached hydrogen (secondary N) is 1. The van der Waals surface area contributed by atoms with Gasteiger partial charge < -0.3 is 14.6 Å². The Morgan fingerprint density at radius 3 is 2.95 bits per heavy atom. The molecule has 0 fully saturated rings. The fourth-order valence-electron chi connectivity index (χ4n) is 3.16. The summed E-state index contributed by atoms with van der Waals surface area (Å²) in [6.07, 6.45) is 5.58. The van der Waals surface area contributed by atoms with Crippen LogP contribution in [0.5, 0.6) is 5.75 Å². The summed E-state index contributed by atoms with van der Waals surface area (Å²) < 4.78 is 8.07. The van der Waals surface area contributed by atoms with Crippen molar-refractivity contribution in [1.29, 1.82) is 0 Å². The molecule has 0 radical (unpaired) electrons. The minimum Gasteiger partial charge on any atom is -0.493 e. The first-order chi connectivity index (χ1) is 10.3. The smallest absolute Gasteiger partial charge is 0.122 e. The highest BCUT2D eigenvalue weighted by Gasteiger charge is 2.23. The normalized spacial score (nSPS) is 18.3. The molecule has 0 aliphatic carbocycles. The van der Waals surface area contributed by atoms with Crippen molar-refractivity contribution in [2.75, 3.05) is 13.2 Å². The van der Waals surface area contributed by atoms with Crippen LogP contribution in [0.1, 0.15) is 43.4 Å². The first-order valence-corrected chi connectivity index (χ1v) is 7.92. The molecule has 0 saturated heterocycles. The Labute approximate surface area is 126 Å². The third-order valence-electron chi connectivity index (χ3n) is 4.26. The zero-order chi connectivity index (χ0) is 14.7. The minimum absolute atomic E-state index is 0.459. The lowest BCUT2D eigenvalue weighted by atomic mass is 10.0. The van der Waals surface area contributed by atoms with E-state index in [-0.39, 0.29) is 0 Å². The number of hydrogen-bond acceptors (Lipinski definition) is 2. The molecule has 1 N–H and O–H groups in total. The van der Waals surface area contributed by atoms with Gasteiger partial charge in [0.05, 0.1) is 6.61 Å². The van der Waals surface area contributed by atoms with Gasteiger partial charge in [-0.25, -0.2) is 0 Å². The molecule has 112 valence electrons. The van der Waals surface area contributed by atoms with Crippen LogP contribution in [-0.4, -0.2) is 17.7 Å². The Balaban J connectivity index is 1.71. The second-order valence-corrected chi connectivity index (χ2v) is 5.71. The van der Waals surface area contributed by atoms with E-state index in [0.717, 1.165) is 31.9 Å². The van der Waals surface area contributed by atoms with E-state index < -0.39 is 0 Å². The maximum atomic E-state index is 5.77. The van der Waals surface area contributed by atoms with Crippen molar-refractivity contribution in [3.63, 3.8) is 0 Å². The molecule has 3 rings (SSSR count). The highest BCUT2D eigenvalue weighted by atomic mass is 16.5. The van der Waals surface area contributed by atoms with Crippen LogP contribution in [0.15, 0.2) is 42.7 Å². The number of para-hydroxylation sites is 1. The first-order valence-electron chi connectivity index (χ1n) is 7.92. The van der Waals surface area contributed by atoms with Crippen LogP contribution in [0.25, 0.3) is 0 Å². The van der Waals surface area contributed by atoms with Crippen LogP contribution in [-0.2, 0) is 6.54 Å². The number of benzene rings is 1. The van der Waals surface area contributed by atoms with Crippen molar-refractivity contribution in [3.8, 4) is 5.75 Å². The summed E-state index contributed by atoms with van der Waals surface area (Å²) >= 11 is 0. The van der Waals surface area contributed by atoms with Gasteiger partial charge in [-0.2, -0.15) is 0 Å². The molecule has 3 heteroatoms. The molecule has 2 atom stereocenters. The summed E-state index contributed by atoms with van der Waals surface area (Å²) in [5, 5.41) is 3.53. The van der Waals surface area contributed by atoms with Gasteiger partial charge in [0, 0.05) is 36.5 Å². The Morgan fingerprint density at radius 2 is 2.14 bits per heavy atom. The quantitative estimate of drug-likeness (QED) is 0.875. The SMILES string of the molecule is CCNC(CC)c1ccn(CC2COc3ccccc32)c1. The van der Waals surface area contributed by atoms with Gasteiger partial charge >= 0.3 is 0 Å². The molecule has 2 unspecified atom stereocenters. The van der Waals surface area contributed by atoms with Crippen LogP contribution in [0, 0.1) is 0 Å². The molecule has 0 saturated carbocycles. The summed E-state index contributed by atoms with van der Waals surface area (Å²) in [6.45, 7) is 7.17. The molecule has 1 aromatic heterocycles. The fourth-order valence-corrected chi connectivity index (χ4v) is 3.16. The minimum atomic E-state index is 0.459. The molecular weight excluding hydrogens is 260 g/mol. The molecule has 0 spiro atoms. The van der Waals surface area contributed by atoms with Crippen LogP contribution >= 0.6 is 0 Å². The predicted molar refractivity (Wildman–Crippen MR) is 85.8 cm³/mol. The van der Waals surface area contributed by atoms with Gasteiger partial charge in [0.1, 0.15) is 5.75 Å². The maximum absolute atomic E-state index is 5.77. The van der Waals surface area contributed by atoms with Gasteiger partial charge in [-0.05, 0) is 30.7 Å². The molecule has 1 aliphatic rings. The summed E-state index contributed by atoms with van der Waals surface area (Å²) in [5.74, 6) is 1.51. The fraction of sp³-hybridized carbons (Fsp3) is 0.444. The zero-order valence-corrected chi connectivity index (χ0v) is 12.9. The highest BCUT2D eigenvalue weighted by molar-refractivity contribution is 5.39. The van der Waals surface area contributed by atoms with Gasteiger partial charge in [-0.3, -0.25) is 0 Å². The Kier molecular flexibility index (Phi) is 4.30. The highest BCUT2D eigenvalue weighted by Crippen LogP contribution is 2.34.